The van der Waals surface area contributed by atoms with E-state index in [-0.39, 0.29) is 41.8 Å². The Bertz CT molecular complexity index is 1180. The molecule has 6 N–H and O–H groups in total. The van der Waals surface area contributed by atoms with Gasteiger partial charge in [0.2, 0.25) is 11.8 Å². The number of carbonyl (C=O) groups excluding carboxylic acids is 2. The minimum atomic E-state index is -0.990. The van der Waals surface area contributed by atoms with Crippen LogP contribution < -0.4 is 22.1 Å². The Morgan fingerprint density at radius 1 is 1.06 bits per heavy atom. The second-order valence-corrected chi connectivity index (χ2v) is 16.4. The molecule has 1 aliphatic carbocycles. The third-order valence-electron chi connectivity index (χ3n) is 12.9. The standard InChI is InChI=1S/C38H66F2N8O2/c1-4-5-6-7-8-11-30-33(45-36(49)32(35(41)42)31-22-38(15-9-10-16-38)17-12-28(39)23-43-31)34(29(40)24-44-30)47-18-13-27(14-19-47)37(50)48-21-20-46(3)26(2)25-48/h26-28,30-35,43H,4-23,25,41-42H2,1-3H3,(H,45,49)/t26-,28?,30?,31?,32?,33?,34?/m1/s1. The summed E-state index contributed by atoms with van der Waals surface area (Å²) in [6.45, 7) is 7.90. The number of rotatable bonds is 12. The number of alkyl halides is 1. The van der Waals surface area contributed by atoms with Crippen LogP contribution in [0.15, 0.2) is 10.8 Å². The Kier molecular flexibility index (Phi) is 14.3. The first kappa shape index (κ1) is 39.3. The molecule has 0 radical (unpaired) electrons. The van der Waals surface area contributed by atoms with Gasteiger partial charge < -0.3 is 31.9 Å². The van der Waals surface area contributed by atoms with Crippen molar-refractivity contribution in [3.05, 3.63) is 5.83 Å². The van der Waals surface area contributed by atoms with Gasteiger partial charge in [0, 0.05) is 50.1 Å². The molecule has 4 heterocycles. The van der Waals surface area contributed by atoms with E-state index in [9.17, 15) is 14.0 Å². The third kappa shape index (κ3) is 9.72. The lowest BCUT2D eigenvalue weighted by Gasteiger charge is -2.45. The highest BCUT2D eigenvalue weighted by molar-refractivity contribution is 5.81. The minimum absolute atomic E-state index is 0.0205. The number of nitrogens with two attached hydrogens (primary N) is 2. The summed E-state index contributed by atoms with van der Waals surface area (Å²) in [6.07, 6.45) is 11.7. The number of amides is 2. The minimum Gasteiger partial charge on any atom is -0.349 e. The monoisotopic (exact) mass is 705 g/mol. The van der Waals surface area contributed by atoms with Crippen LogP contribution in [-0.4, -0.2) is 121 Å². The Balaban J connectivity index is 1.32. The molecule has 4 fully saturated rings. The molecule has 1 saturated carbocycles. The zero-order chi connectivity index (χ0) is 35.8. The van der Waals surface area contributed by atoms with Gasteiger partial charge in [-0.15, -0.1) is 0 Å². The molecule has 7 atom stereocenters. The highest BCUT2D eigenvalue weighted by atomic mass is 19.1. The van der Waals surface area contributed by atoms with Crippen molar-refractivity contribution in [1.82, 2.24) is 25.3 Å². The molecule has 12 heteroatoms. The average Bonchev–Trinajstić information content (AvgIpc) is 3.56. The zero-order valence-electron chi connectivity index (χ0n) is 31.1. The van der Waals surface area contributed by atoms with Gasteiger partial charge in [-0.05, 0) is 83.8 Å². The van der Waals surface area contributed by atoms with Crippen LogP contribution in [0.5, 0.6) is 0 Å². The molecule has 5 aliphatic rings. The van der Waals surface area contributed by atoms with Gasteiger partial charge in [0.1, 0.15) is 6.17 Å². The number of piperidine rings is 1. The van der Waals surface area contributed by atoms with E-state index >= 15 is 4.39 Å². The van der Waals surface area contributed by atoms with Crippen LogP contribution in [-0.2, 0) is 9.59 Å². The van der Waals surface area contributed by atoms with Gasteiger partial charge in [-0.1, -0.05) is 51.9 Å². The van der Waals surface area contributed by atoms with E-state index in [1.165, 1.54) is 0 Å². The molecule has 5 rings (SSSR count). The van der Waals surface area contributed by atoms with Crippen LogP contribution in [0, 0.1) is 17.3 Å². The topological polar surface area (TPSA) is 132 Å². The number of unbranched alkanes of at least 4 members (excludes halogenated alkanes) is 4. The molecule has 0 aromatic rings. The summed E-state index contributed by atoms with van der Waals surface area (Å²) in [6, 6.07) is -1.79. The number of piperazine rings is 1. The maximum Gasteiger partial charge on any atom is 0.227 e. The molecule has 284 valence electrons. The number of likely N-dealkylation sites (N-methyl/N-ethyl adjacent to an activating group) is 1. The van der Waals surface area contributed by atoms with Crippen molar-refractivity contribution in [1.29, 1.82) is 0 Å². The Morgan fingerprint density at radius 2 is 1.78 bits per heavy atom. The number of halogens is 2. The van der Waals surface area contributed by atoms with E-state index in [2.05, 4.69) is 52.2 Å². The molecule has 0 aromatic carbocycles. The molecule has 4 aliphatic heterocycles. The van der Waals surface area contributed by atoms with Crippen molar-refractivity contribution < 1.29 is 18.4 Å². The van der Waals surface area contributed by atoms with E-state index in [4.69, 9.17) is 11.5 Å². The molecule has 1 spiro atoms. The number of likely N-dealkylation sites (tertiary alicyclic amines) is 1. The largest absolute Gasteiger partial charge is 0.349 e. The summed E-state index contributed by atoms with van der Waals surface area (Å²) in [5.74, 6) is 1.17. The smallest absolute Gasteiger partial charge is 0.227 e. The van der Waals surface area contributed by atoms with Crippen molar-refractivity contribution in [2.24, 2.45) is 33.7 Å². The van der Waals surface area contributed by atoms with Crippen molar-refractivity contribution in [3.63, 3.8) is 0 Å². The van der Waals surface area contributed by atoms with Crippen molar-refractivity contribution in [2.45, 2.75) is 153 Å². The summed E-state index contributed by atoms with van der Waals surface area (Å²) in [5, 5.41) is 6.61. The summed E-state index contributed by atoms with van der Waals surface area (Å²) < 4.78 is 30.9. The quantitative estimate of drug-likeness (QED) is 0.179. The van der Waals surface area contributed by atoms with E-state index in [1.54, 1.807) is 0 Å². The SMILES string of the molecule is CCCCCCCC1N=C=C(F)C(N2CCC(C(=O)N3CCN(C)[C@H](C)C3)CC2)C1NC(=O)C(C(N)N)C1CC2(CCCC2)CCC(F)CN1. The fraction of sp³-hybridized carbons (Fsp3) is 0.895. The van der Waals surface area contributed by atoms with E-state index in [0.29, 0.717) is 44.8 Å². The Morgan fingerprint density at radius 3 is 2.46 bits per heavy atom. The van der Waals surface area contributed by atoms with Crippen LogP contribution >= 0.6 is 0 Å². The van der Waals surface area contributed by atoms with Crippen molar-refractivity contribution >= 4 is 17.7 Å². The first-order valence-electron chi connectivity index (χ1n) is 19.9. The van der Waals surface area contributed by atoms with Crippen LogP contribution in [0.1, 0.15) is 110 Å². The number of aliphatic imine (C=N–C) groups is 1. The van der Waals surface area contributed by atoms with Crippen molar-refractivity contribution in [3.8, 4) is 0 Å². The average molecular weight is 705 g/mol. The lowest BCUT2D eigenvalue weighted by Crippen LogP contribution is -2.64. The predicted octanol–water partition coefficient (Wildman–Crippen LogP) is 3.88. The molecular weight excluding hydrogens is 638 g/mol. The van der Waals surface area contributed by atoms with Crippen LogP contribution in [0.2, 0.25) is 0 Å². The summed E-state index contributed by atoms with van der Waals surface area (Å²) >= 11 is 0. The molecule has 6 unspecified atom stereocenters. The van der Waals surface area contributed by atoms with Gasteiger partial charge in [-0.3, -0.25) is 14.5 Å². The molecule has 50 heavy (non-hydrogen) atoms. The Labute approximate surface area is 299 Å². The molecule has 0 aromatic heterocycles. The number of hydrogen-bond acceptors (Lipinski definition) is 8. The fourth-order valence-corrected chi connectivity index (χ4v) is 9.56. The third-order valence-corrected chi connectivity index (χ3v) is 12.9. The maximum atomic E-state index is 16.0. The highest BCUT2D eigenvalue weighted by Crippen LogP contribution is 2.47. The number of hydrogen-bond donors (Lipinski definition) is 4. The fourth-order valence-electron chi connectivity index (χ4n) is 9.56. The zero-order valence-corrected chi connectivity index (χ0v) is 31.1. The molecule has 10 nitrogen and oxygen atoms in total. The summed E-state index contributed by atoms with van der Waals surface area (Å²) in [4.78, 5) is 38.8. The van der Waals surface area contributed by atoms with Crippen LogP contribution in [0.4, 0.5) is 8.78 Å². The summed E-state index contributed by atoms with van der Waals surface area (Å²) in [7, 11) is 2.09. The molecule has 2 amide bonds. The van der Waals surface area contributed by atoms with E-state index in [0.717, 1.165) is 90.3 Å². The predicted molar refractivity (Wildman–Crippen MR) is 195 cm³/mol. The van der Waals surface area contributed by atoms with Gasteiger partial charge in [-0.2, -0.15) is 4.39 Å². The number of nitrogens with one attached hydrogen (secondary N) is 2. The van der Waals surface area contributed by atoms with Gasteiger partial charge in [0.05, 0.1) is 30.2 Å². The number of nitrogens with zero attached hydrogens (tertiary/aromatic N) is 4. The first-order chi connectivity index (χ1) is 24.0. The number of carbonyl (C=O) groups is 2. The van der Waals surface area contributed by atoms with E-state index in [1.807, 2.05) is 4.90 Å². The van der Waals surface area contributed by atoms with Gasteiger partial charge in [0.25, 0.3) is 0 Å². The second kappa shape index (κ2) is 18.2. The lowest BCUT2D eigenvalue weighted by atomic mass is 9.72. The van der Waals surface area contributed by atoms with E-state index < -0.39 is 36.2 Å². The second-order valence-electron chi connectivity index (χ2n) is 16.4. The van der Waals surface area contributed by atoms with Gasteiger partial charge in [-0.25, -0.2) is 9.38 Å². The maximum absolute atomic E-state index is 16.0. The molecule has 0 bridgehead atoms. The van der Waals surface area contributed by atoms with Crippen molar-refractivity contribution in [2.75, 3.05) is 46.3 Å². The van der Waals surface area contributed by atoms with Crippen LogP contribution in [0.25, 0.3) is 0 Å². The van der Waals surface area contributed by atoms with Gasteiger partial charge >= 0.3 is 0 Å². The summed E-state index contributed by atoms with van der Waals surface area (Å²) in [5.41, 5.74) is 12.8. The van der Waals surface area contributed by atoms with Gasteiger partial charge in [0.15, 0.2) is 5.83 Å². The molecule has 3 saturated heterocycles. The Hall–Kier alpha value is -1.95. The normalized spacial score (nSPS) is 32.2. The van der Waals surface area contributed by atoms with Crippen LogP contribution in [0.3, 0.4) is 0 Å². The highest BCUT2D eigenvalue weighted by Gasteiger charge is 2.46. The lowest BCUT2D eigenvalue weighted by molar-refractivity contribution is -0.140. The first-order valence-corrected chi connectivity index (χ1v) is 19.9. The molecular formula is C38H66F2N8O2.